The minimum atomic E-state index is 0.929. The predicted octanol–water partition coefficient (Wildman–Crippen LogP) is 0.346. The van der Waals surface area contributed by atoms with Gasteiger partial charge >= 0.3 is 0 Å². The van der Waals surface area contributed by atoms with Gasteiger partial charge in [0.1, 0.15) is 0 Å². The monoisotopic (exact) mass is 241 g/mol. The molecule has 2 fully saturated rings. The summed E-state index contributed by atoms with van der Waals surface area (Å²) in [4.78, 5) is 7.57. The highest BCUT2D eigenvalue weighted by molar-refractivity contribution is 4.69. The van der Waals surface area contributed by atoms with Gasteiger partial charge in [-0.2, -0.15) is 0 Å². The molecule has 0 amide bonds. The van der Waals surface area contributed by atoms with Gasteiger partial charge in [-0.15, -0.1) is 0 Å². The van der Waals surface area contributed by atoms with Crippen LogP contribution in [0.15, 0.2) is 0 Å². The predicted molar refractivity (Wildman–Crippen MR) is 70.4 cm³/mol. The second-order valence-electron chi connectivity index (χ2n) is 5.31. The zero-order valence-corrected chi connectivity index (χ0v) is 11.2. The second-order valence-corrected chi connectivity index (χ2v) is 5.31. The Balaban J connectivity index is 1.48. The average Bonchev–Trinajstić information content (AvgIpc) is 2.38. The van der Waals surface area contributed by atoms with E-state index in [1.165, 1.54) is 52.1 Å². The molecule has 2 aliphatic heterocycles. The van der Waals surface area contributed by atoms with Crippen molar-refractivity contribution in [2.75, 3.05) is 72.6 Å². The third-order valence-corrected chi connectivity index (χ3v) is 3.90. The van der Waals surface area contributed by atoms with Crippen LogP contribution in [-0.4, -0.2) is 87.3 Å². The van der Waals surface area contributed by atoms with Gasteiger partial charge in [0.25, 0.3) is 0 Å². The lowest BCUT2D eigenvalue weighted by molar-refractivity contribution is 0.0366. The lowest BCUT2D eigenvalue weighted by Crippen LogP contribution is -2.44. The summed E-state index contributed by atoms with van der Waals surface area (Å²) >= 11 is 0. The minimum absolute atomic E-state index is 0.929. The van der Waals surface area contributed by atoms with Crippen molar-refractivity contribution in [3.05, 3.63) is 0 Å². The van der Waals surface area contributed by atoms with Crippen LogP contribution in [0.1, 0.15) is 12.8 Å². The van der Waals surface area contributed by atoms with Gasteiger partial charge in [-0.05, 0) is 33.0 Å². The Labute approximate surface area is 105 Å². The fourth-order valence-electron chi connectivity index (χ4n) is 2.57. The quantitative estimate of drug-likeness (QED) is 0.646. The summed E-state index contributed by atoms with van der Waals surface area (Å²) in [5, 5.41) is 0. The molecule has 0 aliphatic carbocycles. The number of unbranched alkanes of at least 4 members (excludes halogenated alkanes) is 1. The number of hydrogen-bond donors (Lipinski definition) is 0. The Kier molecular flexibility index (Phi) is 5.71. The molecule has 4 nitrogen and oxygen atoms in total. The summed E-state index contributed by atoms with van der Waals surface area (Å²) in [5.74, 6) is 0. The average molecular weight is 241 g/mol. The van der Waals surface area contributed by atoms with E-state index in [4.69, 9.17) is 4.74 Å². The topological polar surface area (TPSA) is 19.0 Å². The SMILES string of the molecule is CN1CCN(CCCCN2CCOCC2)CC1. The fraction of sp³-hybridized carbons (Fsp3) is 1.00. The highest BCUT2D eigenvalue weighted by Gasteiger charge is 2.13. The third kappa shape index (κ3) is 4.92. The summed E-state index contributed by atoms with van der Waals surface area (Å²) in [5.41, 5.74) is 0. The first-order valence-corrected chi connectivity index (χ1v) is 7.05. The molecule has 2 heterocycles. The number of morpholine rings is 1. The zero-order valence-electron chi connectivity index (χ0n) is 11.2. The minimum Gasteiger partial charge on any atom is -0.379 e. The van der Waals surface area contributed by atoms with Crippen molar-refractivity contribution in [1.82, 2.24) is 14.7 Å². The first-order chi connectivity index (χ1) is 8.34. The molecular formula is C13H27N3O. The van der Waals surface area contributed by atoms with Gasteiger partial charge in [-0.25, -0.2) is 0 Å². The van der Waals surface area contributed by atoms with E-state index >= 15 is 0 Å². The van der Waals surface area contributed by atoms with E-state index in [0.717, 1.165) is 26.3 Å². The Hall–Kier alpha value is -0.160. The smallest absolute Gasteiger partial charge is 0.0594 e. The molecule has 0 radical (unpaired) electrons. The van der Waals surface area contributed by atoms with E-state index in [9.17, 15) is 0 Å². The van der Waals surface area contributed by atoms with Crippen molar-refractivity contribution in [2.45, 2.75) is 12.8 Å². The van der Waals surface area contributed by atoms with Gasteiger partial charge in [0, 0.05) is 39.3 Å². The van der Waals surface area contributed by atoms with E-state index in [2.05, 4.69) is 21.7 Å². The normalized spacial score (nSPS) is 25.2. The van der Waals surface area contributed by atoms with Crippen LogP contribution in [0.5, 0.6) is 0 Å². The fourth-order valence-corrected chi connectivity index (χ4v) is 2.57. The lowest BCUT2D eigenvalue weighted by Gasteiger charge is -2.32. The molecule has 2 aliphatic rings. The molecule has 17 heavy (non-hydrogen) atoms. The molecule has 0 spiro atoms. The Bertz CT molecular complexity index is 199. The van der Waals surface area contributed by atoms with Crippen molar-refractivity contribution in [2.24, 2.45) is 0 Å². The first-order valence-electron chi connectivity index (χ1n) is 7.05. The van der Waals surface area contributed by atoms with Gasteiger partial charge in [0.2, 0.25) is 0 Å². The molecule has 0 unspecified atom stereocenters. The van der Waals surface area contributed by atoms with Crippen LogP contribution >= 0.6 is 0 Å². The molecular weight excluding hydrogens is 214 g/mol. The number of rotatable bonds is 5. The van der Waals surface area contributed by atoms with Gasteiger partial charge in [-0.1, -0.05) is 0 Å². The van der Waals surface area contributed by atoms with Crippen molar-refractivity contribution >= 4 is 0 Å². The van der Waals surface area contributed by atoms with Crippen LogP contribution in [0.3, 0.4) is 0 Å². The summed E-state index contributed by atoms with van der Waals surface area (Å²) in [6.45, 7) is 11.7. The number of piperazine rings is 1. The van der Waals surface area contributed by atoms with Crippen LogP contribution in [0, 0.1) is 0 Å². The van der Waals surface area contributed by atoms with Gasteiger partial charge < -0.3 is 14.5 Å². The molecule has 0 aromatic heterocycles. The molecule has 0 aromatic carbocycles. The summed E-state index contributed by atoms with van der Waals surface area (Å²) in [7, 11) is 2.22. The van der Waals surface area contributed by atoms with Crippen molar-refractivity contribution in [3.8, 4) is 0 Å². The highest BCUT2D eigenvalue weighted by Crippen LogP contribution is 2.04. The van der Waals surface area contributed by atoms with Crippen molar-refractivity contribution < 1.29 is 4.74 Å². The van der Waals surface area contributed by atoms with Crippen LogP contribution in [-0.2, 0) is 4.74 Å². The van der Waals surface area contributed by atoms with Crippen LogP contribution in [0.2, 0.25) is 0 Å². The molecule has 2 saturated heterocycles. The summed E-state index contributed by atoms with van der Waals surface area (Å²) in [6, 6.07) is 0. The number of ether oxygens (including phenoxy) is 1. The Morgan fingerprint density at radius 2 is 1.29 bits per heavy atom. The molecule has 2 rings (SSSR count). The van der Waals surface area contributed by atoms with Crippen molar-refractivity contribution in [1.29, 1.82) is 0 Å². The number of nitrogens with zero attached hydrogens (tertiary/aromatic N) is 3. The molecule has 0 bridgehead atoms. The standard InChI is InChI=1S/C13H27N3O/c1-14-6-8-15(9-7-14)4-2-3-5-16-10-12-17-13-11-16/h2-13H2,1H3. The molecule has 4 heteroatoms. The van der Waals surface area contributed by atoms with Crippen LogP contribution in [0.25, 0.3) is 0 Å². The third-order valence-electron chi connectivity index (χ3n) is 3.90. The molecule has 0 atom stereocenters. The maximum Gasteiger partial charge on any atom is 0.0594 e. The van der Waals surface area contributed by atoms with Crippen LogP contribution in [0.4, 0.5) is 0 Å². The van der Waals surface area contributed by atoms with Crippen molar-refractivity contribution in [3.63, 3.8) is 0 Å². The molecule has 0 aromatic rings. The zero-order chi connectivity index (χ0) is 11.9. The van der Waals surface area contributed by atoms with E-state index in [-0.39, 0.29) is 0 Å². The molecule has 100 valence electrons. The largest absolute Gasteiger partial charge is 0.379 e. The van der Waals surface area contributed by atoms with Gasteiger partial charge in [0.05, 0.1) is 13.2 Å². The van der Waals surface area contributed by atoms with Crippen LogP contribution < -0.4 is 0 Å². The van der Waals surface area contributed by atoms with Gasteiger partial charge in [0.15, 0.2) is 0 Å². The molecule has 0 saturated carbocycles. The Morgan fingerprint density at radius 3 is 1.88 bits per heavy atom. The summed E-state index contributed by atoms with van der Waals surface area (Å²) < 4.78 is 5.36. The summed E-state index contributed by atoms with van der Waals surface area (Å²) in [6.07, 6.45) is 2.69. The van der Waals surface area contributed by atoms with E-state index in [1.54, 1.807) is 0 Å². The lowest BCUT2D eigenvalue weighted by atomic mass is 10.2. The van der Waals surface area contributed by atoms with Gasteiger partial charge in [-0.3, -0.25) is 4.90 Å². The number of likely N-dealkylation sites (N-methyl/N-ethyl adjacent to an activating group) is 1. The number of hydrogen-bond acceptors (Lipinski definition) is 4. The Morgan fingerprint density at radius 1 is 0.765 bits per heavy atom. The molecule has 0 N–H and O–H groups in total. The van der Waals surface area contributed by atoms with E-state index in [0.29, 0.717) is 0 Å². The maximum atomic E-state index is 5.36. The maximum absolute atomic E-state index is 5.36. The van der Waals surface area contributed by atoms with E-state index in [1.807, 2.05) is 0 Å². The highest BCUT2D eigenvalue weighted by atomic mass is 16.5. The second kappa shape index (κ2) is 7.31. The first kappa shape index (κ1) is 13.3. The van der Waals surface area contributed by atoms with E-state index < -0.39 is 0 Å².